The summed E-state index contributed by atoms with van der Waals surface area (Å²) in [6.07, 6.45) is 4.38. The molecule has 0 spiro atoms. The number of carbonyl (C=O) groups is 1. The topological polar surface area (TPSA) is 60.0 Å². The quantitative estimate of drug-likeness (QED) is 0.612. The van der Waals surface area contributed by atoms with E-state index in [4.69, 9.17) is 0 Å². The van der Waals surface area contributed by atoms with Crippen LogP contribution in [0.25, 0.3) is 6.08 Å². The summed E-state index contributed by atoms with van der Waals surface area (Å²) in [5.74, 6) is 0.770. The summed E-state index contributed by atoms with van der Waals surface area (Å²) in [4.78, 5) is 20.9. The van der Waals surface area contributed by atoms with Crippen LogP contribution in [0, 0.1) is 0 Å². The maximum absolute atomic E-state index is 12.0. The molecule has 1 aromatic carbocycles. The molecule has 0 bridgehead atoms. The van der Waals surface area contributed by atoms with Crippen LogP contribution in [0.2, 0.25) is 0 Å². The molecule has 2 N–H and O–H groups in total. The molecule has 1 aliphatic rings. The number of nitrogens with zero attached hydrogens (tertiary/aromatic N) is 3. The minimum Gasteiger partial charge on any atom is -0.350 e. The summed E-state index contributed by atoms with van der Waals surface area (Å²) in [6.45, 7) is 10.9. The zero-order valence-electron chi connectivity index (χ0n) is 17.0. The Labute approximate surface area is 163 Å². The van der Waals surface area contributed by atoms with E-state index in [1.165, 1.54) is 5.56 Å². The SMILES string of the molecule is CN=C(NCC(=O)NC(C)(C)C)N1CCN(C/C=C/c2ccccc2)CC1. The van der Waals surface area contributed by atoms with E-state index < -0.39 is 0 Å². The second-order valence-corrected chi connectivity index (χ2v) is 7.80. The zero-order valence-corrected chi connectivity index (χ0v) is 17.0. The molecule has 1 heterocycles. The van der Waals surface area contributed by atoms with Gasteiger partial charge in [0.2, 0.25) is 5.91 Å². The highest BCUT2D eigenvalue weighted by atomic mass is 16.2. The van der Waals surface area contributed by atoms with Crippen molar-refractivity contribution in [1.29, 1.82) is 0 Å². The summed E-state index contributed by atoms with van der Waals surface area (Å²) >= 11 is 0. The minimum atomic E-state index is -0.221. The Bertz CT molecular complexity index is 640. The number of benzene rings is 1. The average Bonchev–Trinajstić information content (AvgIpc) is 2.63. The molecule has 1 amide bonds. The molecular formula is C21H33N5O. The second kappa shape index (κ2) is 10.1. The monoisotopic (exact) mass is 371 g/mol. The largest absolute Gasteiger partial charge is 0.350 e. The van der Waals surface area contributed by atoms with Crippen molar-refractivity contribution >= 4 is 17.9 Å². The van der Waals surface area contributed by atoms with E-state index in [2.05, 4.69) is 61.8 Å². The number of carbonyl (C=O) groups excluding carboxylic acids is 1. The van der Waals surface area contributed by atoms with Gasteiger partial charge in [-0.2, -0.15) is 0 Å². The molecule has 27 heavy (non-hydrogen) atoms. The van der Waals surface area contributed by atoms with Crippen molar-refractivity contribution in [2.45, 2.75) is 26.3 Å². The molecule has 0 aromatic heterocycles. The number of piperazine rings is 1. The molecule has 0 aliphatic carbocycles. The van der Waals surface area contributed by atoms with Crippen LogP contribution < -0.4 is 10.6 Å². The fraction of sp³-hybridized carbons (Fsp3) is 0.524. The van der Waals surface area contributed by atoms with Crippen LogP contribution in [-0.4, -0.2) is 73.5 Å². The number of guanidine groups is 1. The zero-order chi connectivity index (χ0) is 19.7. The first-order valence-corrected chi connectivity index (χ1v) is 9.58. The van der Waals surface area contributed by atoms with Crippen molar-refractivity contribution in [3.63, 3.8) is 0 Å². The van der Waals surface area contributed by atoms with Crippen molar-refractivity contribution in [2.75, 3.05) is 46.3 Å². The Morgan fingerprint density at radius 1 is 1.15 bits per heavy atom. The predicted octanol–water partition coefficient (Wildman–Crippen LogP) is 1.81. The third kappa shape index (κ3) is 7.83. The van der Waals surface area contributed by atoms with Crippen LogP contribution in [0.1, 0.15) is 26.3 Å². The first kappa shape index (κ1) is 21.0. The van der Waals surface area contributed by atoms with Gasteiger partial charge in [-0.1, -0.05) is 42.5 Å². The van der Waals surface area contributed by atoms with Gasteiger partial charge in [-0.05, 0) is 26.3 Å². The van der Waals surface area contributed by atoms with Crippen molar-refractivity contribution in [3.8, 4) is 0 Å². The van der Waals surface area contributed by atoms with Gasteiger partial charge in [-0.15, -0.1) is 0 Å². The maximum atomic E-state index is 12.0. The smallest absolute Gasteiger partial charge is 0.239 e. The highest BCUT2D eigenvalue weighted by molar-refractivity contribution is 5.86. The molecule has 1 aromatic rings. The molecule has 1 saturated heterocycles. The Hall–Kier alpha value is -2.34. The van der Waals surface area contributed by atoms with Crippen LogP contribution in [-0.2, 0) is 4.79 Å². The van der Waals surface area contributed by atoms with E-state index in [1.807, 2.05) is 26.8 Å². The van der Waals surface area contributed by atoms with E-state index in [0.29, 0.717) is 0 Å². The van der Waals surface area contributed by atoms with Gasteiger partial charge in [0.05, 0.1) is 6.54 Å². The second-order valence-electron chi connectivity index (χ2n) is 7.80. The van der Waals surface area contributed by atoms with Crippen molar-refractivity contribution in [3.05, 3.63) is 42.0 Å². The van der Waals surface area contributed by atoms with Gasteiger partial charge < -0.3 is 15.5 Å². The van der Waals surface area contributed by atoms with Crippen LogP contribution in [0.15, 0.2) is 41.4 Å². The van der Waals surface area contributed by atoms with Crippen molar-refractivity contribution in [2.24, 2.45) is 4.99 Å². The number of hydrogen-bond acceptors (Lipinski definition) is 3. The van der Waals surface area contributed by atoms with E-state index in [1.54, 1.807) is 7.05 Å². The van der Waals surface area contributed by atoms with Crippen LogP contribution >= 0.6 is 0 Å². The Balaban J connectivity index is 1.73. The Morgan fingerprint density at radius 2 is 1.81 bits per heavy atom. The van der Waals surface area contributed by atoms with Gasteiger partial charge in [-0.3, -0.25) is 14.7 Å². The number of aliphatic imine (C=N–C) groups is 1. The van der Waals surface area contributed by atoms with Crippen molar-refractivity contribution < 1.29 is 4.79 Å². The highest BCUT2D eigenvalue weighted by Crippen LogP contribution is 2.05. The molecule has 6 heteroatoms. The lowest BCUT2D eigenvalue weighted by atomic mass is 10.1. The van der Waals surface area contributed by atoms with Gasteiger partial charge in [0.15, 0.2) is 5.96 Å². The standard InChI is InChI=1S/C21H33N5O/c1-21(2,3)24-19(27)17-23-20(22-4)26-15-13-25(14-16-26)12-8-11-18-9-6-5-7-10-18/h5-11H,12-17H2,1-4H3,(H,22,23)(H,24,27)/b11-8+. The summed E-state index contributed by atoms with van der Waals surface area (Å²) in [5.41, 5.74) is 1.01. The normalized spacial score (nSPS) is 16.6. The number of nitrogens with one attached hydrogen (secondary N) is 2. The Morgan fingerprint density at radius 3 is 2.41 bits per heavy atom. The third-order valence-corrected chi connectivity index (χ3v) is 4.28. The number of rotatable bonds is 5. The number of amides is 1. The molecular weight excluding hydrogens is 338 g/mol. The van der Waals surface area contributed by atoms with Gasteiger partial charge in [-0.25, -0.2) is 0 Å². The number of hydrogen-bond donors (Lipinski definition) is 2. The molecule has 1 aliphatic heterocycles. The van der Waals surface area contributed by atoms with Gasteiger partial charge >= 0.3 is 0 Å². The molecule has 6 nitrogen and oxygen atoms in total. The lowest BCUT2D eigenvalue weighted by Crippen LogP contribution is -2.54. The molecule has 0 saturated carbocycles. The molecule has 148 valence electrons. The van der Waals surface area contributed by atoms with Crippen LogP contribution in [0.4, 0.5) is 0 Å². The minimum absolute atomic E-state index is 0.0201. The summed E-state index contributed by atoms with van der Waals surface area (Å²) < 4.78 is 0. The fourth-order valence-corrected chi connectivity index (χ4v) is 3.00. The highest BCUT2D eigenvalue weighted by Gasteiger charge is 2.20. The van der Waals surface area contributed by atoms with E-state index in [-0.39, 0.29) is 18.0 Å². The molecule has 0 atom stereocenters. The first-order chi connectivity index (χ1) is 12.9. The van der Waals surface area contributed by atoms with E-state index >= 15 is 0 Å². The van der Waals surface area contributed by atoms with Crippen molar-refractivity contribution in [1.82, 2.24) is 20.4 Å². The lowest BCUT2D eigenvalue weighted by molar-refractivity contribution is -0.121. The summed E-state index contributed by atoms with van der Waals surface area (Å²) in [6, 6.07) is 10.4. The predicted molar refractivity (Wildman–Crippen MR) is 113 cm³/mol. The molecule has 1 fully saturated rings. The summed E-state index contributed by atoms with van der Waals surface area (Å²) in [5, 5.41) is 6.13. The van der Waals surface area contributed by atoms with Gasteiger partial charge in [0.25, 0.3) is 0 Å². The van der Waals surface area contributed by atoms with Gasteiger partial charge in [0, 0.05) is 45.3 Å². The maximum Gasteiger partial charge on any atom is 0.239 e. The average molecular weight is 372 g/mol. The third-order valence-electron chi connectivity index (χ3n) is 4.28. The Kier molecular flexibility index (Phi) is 7.85. The van der Waals surface area contributed by atoms with Gasteiger partial charge in [0.1, 0.15) is 0 Å². The van der Waals surface area contributed by atoms with E-state index in [9.17, 15) is 4.79 Å². The van der Waals surface area contributed by atoms with Crippen LogP contribution in [0.5, 0.6) is 0 Å². The lowest BCUT2D eigenvalue weighted by Gasteiger charge is -2.36. The summed E-state index contributed by atoms with van der Waals surface area (Å²) in [7, 11) is 1.76. The molecule has 0 unspecified atom stereocenters. The van der Waals surface area contributed by atoms with Crippen LogP contribution in [0.3, 0.4) is 0 Å². The molecule has 0 radical (unpaired) electrons. The first-order valence-electron chi connectivity index (χ1n) is 9.58. The fourth-order valence-electron chi connectivity index (χ4n) is 3.00. The van der Waals surface area contributed by atoms with E-state index in [0.717, 1.165) is 38.7 Å². The molecule has 2 rings (SSSR count).